The molecule has 0 aliphatic rings. The molecule has 0 bridgehead atoms. The summed E-state index contributed by atoms with van der Waals surface area (Å²) in [6, 6.07) is 4.14. The molecule has 5 heteroatoms. The number of nitriles is 1. The van der Waals surface area contributed by atoms with Gasteiger partial charge in [0.05, 0.1) is 10.9 Å². The van der Waals surface area contributed by atoms with Crippen molar-refractivity contribution in [2.75, 3.05) is 0 Å². The van der Waals surface area contributed by atoms with Gasteiger partial charge < -0.3 is 4.43 Å². The third kappa shape index (κ3) is 3.21. The van der Waals surface area contributed by atoms with Crippen molar-refractivity contribution in [2.45, 2.75) is 25.7 Å². The lowest BCUT2D eigenvalue weighted by Gasteiger charge is -2.21. The second-order valence-electron chi connectivity index (χ2n) is 3.87. The van der Waals surface area contributed by atoms with Gasteiger partial charge in [0.15, 0.2) is 14.4 Å². The van der Waals surface area contributed by atoms with Gasteiger partial charge in [-0.15, -0.1) is 11.3 Å². The highest BCUT2D eigenvalue weighted by atomic mass is 79.9. The van der Waals surface area contributed by atoms with Crippen molar-refractivity contribution >= 4 is 35.6 Å². The summed E-state index contributed by atoms with van der Waals surface area (Å²) < 4.78 is 6.74. The summed E-state index contributed by atoms with van der Waals surface area (Å²) >= 11 is 4.96. The van der Waals surface area contributed by atoms with Crippen LogP contribution in [-0.4, -0.2) is 8.32 Å². The minimum Gasteiger partial charge on any atom is -0.398 e. The number of hydrogen-bond donors (Lipinski definition) is 0. The molecule has 0 aliphatic heterocycles. The lowest BCUT2D eigenvalue weighted by atomic mass is 10.3. The fraction of sp³-hybridized carbons (Fsp3) is 0.444. The van der Waals surface area contributed by atoms with E-state index in [0.29, 0.717) is 0 Å². The van der Waals surface area contributed by atoms with Crippen LogP contribution in [0.3, 0.4) is 0 Å². The van der Waals surface area contributed by atoms with E-state index in [1.54, 1.807) is 11.3 Å². The topological polar surface area (TPSA) is 33.0 Å². The van der Waals surface area contributed by atoms with Crippen LogP contribution in [0.25, 0.3) is 0 Å². The number of hydrogen-bond acceptors (Lipinski definition) is 3. The van der Waals surface area contributed by atoms with Crippen LogP contribution < -0.4 is 0 Å². The van der Waals surface area contributed by atoms with Gasteiger partial charge in [-0.05, 0) is 47.0 Å². The van der Waals surface area contributed by atoms with Crippen LogP contribution in [0.1, 0.15) is 11.0 Å². The summed E-state index contributed by atoms with van der Waals surface area (Å²) in [6.45, 7) is 6.25. The van der Waals surface area contributed by atoms with E-state index in [0.717, 1.165) is 9.35 Å². The van der Waals surface area contributed by atoms with Crippen LogP contribution in [0.4, 0.5) is 0 Å². The molecular weight excluding hydrogens is 278 g/mol. The molecule has 0 fully saturated rings. The Morgan fingerprint density at radius 1 is 1.57 bits per heavy atom. The van der Waals surface area contributed by atoms with Crippen LogP contribution >= 0.6 is 27.3 Å². The van der Waals surface area contributed by atoms with Crippen LogP contribution in [0.5, 0.6) is 0 Å². The predicted octanol–water partition coefficient (Wildman–Crippen LogP) is 3.93. The minimum absolute atomic E-state index is 0.420. The Labute approximate surface area is 97.8 Å². The van der Waals surface area contributed by atoms with E-state index in [1.165, 1.54) is 0 Å². The molecule has 0 saturated heterocycles. The number of thiophene rings is 1. The number of halogens is 1. The van der Waals surface area contributed by atoms with Gasteiger partial charge in [0.2, 0.25) is 0 Å². The van der Waals surface area contributed by atoms with Crippen LogP contribution in [-0.2, 0) is 4.43 Å². The molecule has 1 heterocycles. The van der Waals surface area contributed by atoms with Crippen molar-refractivity contribution in [1.29, 1.82) is 5.26 Å². The average molecular weight is 290 g/mol. The Bertz CT molecular complexity index is 352. The first-order chi connectivity index (χ1) is 6.44. The predicted molar refractivity (Wildman–Crippen MR) is 64.8 cm³/mol. The van der Waals surface area contributed by atoms with Gasteiger partial charge in [0.1, 0.15) is 0 Å². The van der Waals surface area contributed by atoms with E-state index in [2.05, 4.69) is 41.6 Å². The molecule has 1 aromatic rings. The maximum Gasteiger partial charge on any atom is 0.186 e. The molecule has 0 aromatic carbocycles. The van der Waals surface area contributed by atoms with Gasteiger partial charge in [-0.3, -0.25) is 0 Å². The largest absolute Gasteiger partial charge is 0.398 e. The molecule has 2 nitrogen and oxygen atoms in total. The first kappa shape index (κ1) is 11.9. The van der Waals surface area contributed by atoms with Crippen molar-refractivity contribution in [1.82, 2.24) is 0 Å². The van der Waals surface area contributed by atoms with E-state index in [9.17, 15) is 0 Å². The van der Waals surface area contributed by atoms with Gasteiger partial charge in [-0.2, -0.15) is 5.26 Å². The van der Waals surface area contributed by atoms with Gasteiger partial charge in [-0.25, -0.2) is 0 Å². The summed E-state index contributed by atoms with van der Waals surface area (Å²) in [4.78, 5) is 0.968. The van der Waals surface area contributed by atoms with Crippen molar-refractivity contribution in [3.63, 3.8) is 0 Å². The summed E-state index contributed by atoms with van der Waals surface area (Å²) in [5, 5.41) is 11.0. The van der Waals surface area contributed by atoms with E-state index in [-0.39, 0.29) is 0 Å². The zero-order valence-corrected chi connectivity index (χ0v) is 11.8. The molecule has 76 valence electrons. The zero-order chi connectivity index (χ0) is 10.8. The Kier molecular flexibility index (Phi) is 3.90. The molecule has 1 unspecified atom stereocenters. The third-order valence-electron chi connectivity index (χ3n) is 1.47. The summed E-state index contributed by atoms with van der Waals surface area (Å²) in [7, 11) is -1.66. The molecule has 0 spiro atoms. The first-order valence-corrected chi connectivity index (χ1v) is 9.32. The maximum absolute atomic E-state index is 9.02. The summed E-state index contributed by atoms with van der Waals surface area (Å²) in [5.74, 6) is 0. The molecular formula is C9H12BrNOSSi. The molecule has 1 aromatic heterocycles. The molecule has 0 saturated carbocycles. The normalized spacial score (nSPS) is 13.6. The van der Waals surface area contributed by atoms with Crippen molar-refractivity contribution in [3.05, 3.63) is 20.8 Å². The quantitative estimate of drug-likeness (QED) is 0.790. The number of nitrogens with zero attached hydrogens (tertiary/aromatic N) is 1. The van der Waals surface area contributed by atoms with E-state index < -0.39 is 14.4 Å². The molecule has 1 atom stereocenters. The van der Waals surface area contributed by atoms with E-state index >= 15 is 0 Å². The molecule has 14 heavy (non-hydrogen) atoms. The molecule has 1 rings (SSSR count). The van der Waals surface area contributed by atoms with Crippen molar-refractivity contribution in [3.8, 4) is 6.07 Å². The highest BCUT2D eigenvalue weighted by Crippen LogP contribution is 2.32. The standard InChI is InChI=1S/C9H12BrNOSSi/c1-14(2,3)12-8(6-11)9-7(10)4-5-13-9/h4-5,8H,1-3H3. The Morgan fingerprint density at radius 2 is 2.21 bits per heavy atom. The smallest absolute Gasteiger partial charge is 0.186 e. The molecule has 0 radical (unpaired) electrons. The molecule has 0 N–H and O–H groups in total. The lowest BCUT2D eigenvalue weighted by Crippen LogP contribution is -2.27. The van der Waals surface area contributed by atoms with Crippen LogP contribution in [0, 0.1) is 11.3 Å². The highest BCUT2D eigenvalue weighted by molar-refractivity contribution is 9.10. The minimum atomic E-state index is -1.66. The second-order valence-corrected chi connectivity index (χ2v) is 10.1. The Morgan fingerprint density at radius 3 is 2.57 bits per heavy atom. The monoisotopic (exact) mass is 289 g/mol. The van der Waals surface area contributed by atoms with Gasteiger partial charge >= 0.3 is 0 Å². The average Bonchev–Trinajstić information content (AvgIpc) is 2.45. The zero-order valence-electron chi connectivity index (χ0n) is 8.37. The van der Waals surface area contributed by atoms with E-state index in [1.807, 2.05) is 11.4 Å². The second kappa shape index (κ2) is 4.58. The van der Waals surface area contributed by atoms with Gasteiger partial charge in [-0.1, -0.05) is 0 Å². The highest BCUT2D eigenvalue weighted by Gasteiger charge is 2.24. The van der Waals surface area contributed by atoms with Crippen molar-refractivity contribution in [2.24, 2.45) is 0 Å². The van der Waals surface area contributed by atoms with Crippen LogP contribution in [0.15, 0.2) is 15.9 Å². The fourth-order valence-corrected chi connectivity index (χ4v) is 3.50. The first-order valence-electron chi connectivity index (χ1n) is 4.24. The van der Waals surface area contributed by atoms with Crippen LogP contribution in [0.2, 0.25) is 19.6 Å². The maximum atomic E-state index is 9.02. The SMILES string of the molecule is C[Si](C)(C)OC(C#N)c1sccc1Br. The summed E-state index contributed by atoms with van der Waals surface area (Å²) in [5.41, 5.74) is 0. The van der Waals surface area contributed by atoms with E-state index in [4.69, 9.17) is 9.69 Å². The van der Waals surface area contributed by atoms with Gasteiger partial charge in [0, 0.05) is 4.47 Å². The lowest BCUT2D eigenvalue weighted by molar-refractivity contribution is 0.258. The molecule has 0 aliphatic carbocycles. The Hall–Kier alpha value is -0.153. The third-order valence-corrected chi connectivity index (χ3v) is 4.33. The Balaban J connectivity index is 2.85. The molecule has 0 amide bonds. The number of rotatable bonds is 3. The fourth-order valence-electron chi connectivity index (χ4n) is 0.985. The van der Waals surface area contributed by atoms with Crippen molar-refractivity contribution < 1.29 is 4.43 Å². The summed E-state index contributed by atoms with van der Waals surface area (Å²) in [6.07, 6.45) is -0.420. The van der Waals surface area contributed by atoms with Gasteiger partial charge in [0.25, 0.3) is 0 Å².